The SMILES string of the molecule is CC1CNCC(NC(=O)NCC(F)(F)F)C1. The zero-order valence-corrected chi connectivity index (χ0v) is 9.03. The summed E-state index contributed by atoms with van der Waals surface area (Å²) in [5.74, 6) is 0.418. The van der Waals surface area contributed by atoms with Crippen molar-refractivity contribution in [3.8, 4) is 0 Å². The van der Waals surface area contributed by atoms with Gasteiger partial charge in [0.15, 0.2) is 0 Å². The number of hydrogen-bond acceptors (Lipinski definition) is 2. The van der Waals surface area contributed by atoms with E-state index in [9.17, 15) is 18.0 Å². The number of amides is 2. The average Bonchev–Trinajstić information content (AvgIpc) is 2.14. The van der Waals surface area contributed by atoms with E-state index in [2.05, 4.69) is 10.6 Å². The van der Waals surface area contributed by atoms with Crippen LogP contribution in [0.1, 0.15) is 13.3 Å². The van der Waals surface area contributed by atoms with Crippen molar-refractivity contribution >= 4 is 6.03 Å². The van der Waals surface area contributed by atoms with E-state index in [4.69, 9.17) is 0 Å². The maximum Gasteiger partial charge on any atom is 0.405 e. The summed E-state index contributed by atoms with van der Waals surface area (Å²) in [5, 5.41) is 7.39. The first-order valence-corrected chi connectivity index (χ1v) is 5.18. The molecule has 16 heavy (non-hydrogen) atoms. The van der Waals surface area contributed by atoms with E-state index >= 15 is 0 Å². The Bertz CT molecular complexity index is 245. The third-order valence-corrected chi connectivity index (χ3v) is 2.36. The van der Waals surface area contributed by atoms with Crippen molar-refractivity contribution in [2.24, 2.45) is 5.92 Å². The number of carbonyl (C=O) groups excluding carboxylic acids is 1. The van der Waals surface area contributed by atoms with Crippen molar-refractivity contribution in [2.75, 3.05) is 19.6 Å². The van der Waals surface area contributed by atoms with Gasteiger partial charge in [-0.15, -0.1) is 0 Å². The Balaban J connectivity index is 2.23. The lowest BCUT2D eigenvalue weighted by atomic mass is 9.98. The molecule has 4 nitrogen and oxygen atoms in total. The molecule has 1 fully saturated rings. The molecule has 1 saturated heterocycles. The second-order valence-electron chi connectivity index (χ2n) is 4.14. The summed E-state index contributed by atoms with van der Waals surface area (Å²) < 4.78 is 35.4. The molecule has 0 radical (unpaired) electrons. The molecule has 7 heteroatoms. The second-order valence-corrected chi connectivity index (χ2v) is 4.14. The largest absolute Gasteiger partial charge is 0.405 e. The van der Waals surface area contributed by atoms with Gasteiger partial charge < -0.3 is 16.0 Å². The highest BCUT2D eigenvalue weighted by Crippen LogP contribution is 2.12. The molecule has 94 valence electrons. The first-order valence-electron chi connectivity index (χ1n) is 5.18. The molecule has 1 aliphatic heterocycles. The normalized spacial score (nSPS) is 26.2. The zero-order valence-electron chi connectivity index (χ0n) is 9.03. The van der Waals surface area contributed by atoms with Gasteiger partial charge in [-0.3, -0.25) is 0 Å². The van der Waals surface area contributed by atoms with Gasteiger partial charge in [0.05, 0.1) is 0 Å². The van der Waals surface area contributed by atoms with Crippen LogP contribution in [0, 0.1) is 5.92 Å². The molecule has 0 spiro atoms. The van der Waals surface area contributed by atoms with Crippen molar-refractivity contribution in [3.05, 3.63) is 0 Å². The minimum atomic E-state index is -4.37. The number of nitrogens with one attached hydrogen (secondary N) is 3. The van der Waals surface area contributed by atoms with E-state index in [1.807, 2.05) is 6.92 Å². The van der Waals surface area contributed by atoms with Crippen molar-refractivity contribution in [3.63, 3.8) is 0 Å². The van der Waals surface area contributed by atoms with Crippen LogP contribution in [0.4, 0.5) is 18.0 Å². The molecule has 0 saturated carbocycles. The topological polar surface area (TPSA) is 53.2 Å². The molecule has 3 N–H and O–H groups in total. The van der Waals surface area contributed by atoms with Crippen LogP contribution in [0.5, 0.6) is 0 Å². The lowest BCUT2D eigenvalue weighted by Gasteiger charge is -2.28. The van der Waals surface area contributed by atoms with Crippen molar-refractivity contribution in [2.45, 2.75) is 25.6 Å². The van der Waals surface area contributed by atoms with Gasteiger partial charge >= 0.3 is 12.2 Å². The Hall–Kier alpha value is -0.980. The fraction of sp³-hybridized carbons (Fsp3) is 0.889. The molecule has 0 aliphatic carbocycles. The Morgan fingerprint density at radius 2 is 2.12 bits per heavy atom. The van der Waals surface area contributed by atoms with Crippen LogP contribution in [0.2, 0.25) is 0 Å². The van der Waals surface area contributed by atoms with E-state index in [1.165, 1.54) is 0 Å². The summed E-state index contributed by atoms with van der Waals surface area (Å²) in [6.45, 7) is 2.20. The van der Waals surface area contributed by atoms with Crippen LogP contribution in [0.3, 0.4) is 0 Å². The minimum Gasteiger partial charge on any atom is -0.334 e. The Morgan fingerprint density at radius 1 is 1.44 bits per heavy atom. The van der Waals surface area contributed by atoms with Crippen molar-refractivity contribution < 1.29 is 18.0 Å². The molecule has 2 atom stereocenters. The standard InChI is InChI=1S/C9H16F3N3O/c1-6-2-7(4-13-3-6)15-8(16)14-5-9(10,11)12/h6-7,13H,2-5H2,1H3,(H2,14,15,16). The van der Waals surface area contributed by atoms with Crippen LogP contribution in [-0.4, -0.2) is 37.9 Å². The van der Waals surface area contributed by atoms with Gasteiger partial charge in [0, 0.05) is 12.6 Å². The van der Waals surface area contributed by atoms with E-state index in [-0.39, 0.29) is 6.04 Å². The van der Waals surface area contributed by atoms with Gasteiger partial charge in [-0.2, -0.15) is 13.2 Å². The third-order valence-electron chi connectivity index (χ3n) is 2.36. The molecule has 1 heterocycles. The maximum absolute atomic E-state index is 11.8. The molecule has 0 aromatic heterocycles. The highest BCUT2D eigenvalue weighted by atomic mass is 19.4. The predicted octanol–water partition coefficient (Wildman–Crippen LogP) is 0.846. The Labute approximate surface area is 92.0 Å². The van der Waals surface area contributed by atoms with E-state index in [0.29, 0.717) is 12.5 Å². The van der Waals surface area contributed by atoms with Gasteiger partial charge in [0.25, 0.3) is 0 Å². The number of carbonyl (C=O) groups is 1. The Morgan fingerprint density at radius 3 is 2.69 bits per heavy atom. The second kappa shape index (κ2) is 5.38. The van der Waals surface area contributed by atoms with Crippen LogP contribution in [0.25, 0.3) is 0 Å². The number of rotatable bonds is 2. The molecule has 2 unspecified atom stereocenters. The molecular formula is C9H16F3N3O. The fourth-order valence-corrected chi connectivity index (χ4v) is 1.68. The molecule has 1 aliphatic rings. The van der Waals surface area contributed by atoms with Gasteiger partial charge in [0.1, 0.15) is 6.54 Å². The highest BCUT2D eigenvalue weighted by Gasteiger charge is 2.28. The molecule has 0 aromatic carbocycles. The van der Waals surface area contributed by atoms with Crippen LogP contribution < -0.4 is 16.0 Å². The first kappa shape index (κ1) is 13.1. The highest BCUT2D eigenvalue weighted by molar-refractivity contribution is 5.74. The third kappa shape index (κ3) is 5.20. The first-order chi connectivity index (χ1) is 7.37. The van der Waals surface area contributed by atoms with E-state index < -0.39 is 18.8 Å². The number of urea groups is 1. The predicted molar refractivity (Wildman–Crippen MR) is 53.0 cm³/mol. The average molecular weight is 239 g/mol. The minimum absolute atomic E-state index is 0.100. The lowest BCUT2D eigenvalue weighted by molar-refractivity contribution is -0.122. The molecule has 2 amide bonds. The fourth-order valence-electron chi connectivity index (χ4n) is 1.68. The summed E-state index contributed by atoms with van der Waals surface area (Å²) in [6.07, 6.45) is -3.58. The van der Waals surface area contributed by atoms with Crippen molar-refractivity contribution in [1.82, 2.24) is 16.0 Å². The quantitative estimate of drug-likeness (QED) is 0.669. The summed E-state index contributed by atoms with van der Waals surface area (Å²) in [6, 6.07) is -0.866. The van der Waals surface area contributed by atoms with E-state index in [1.54, 1.807) is 5.32 Å². The van der Waals surface area contributed by atoms with Crippen LogP contribution >= 0.6 is 0 Å². The van der Waals surface area contributed by atoms with Crippen LogP contribution in [-0.2, 0) is 0 Å². The number of halogens is 3. The summed E-state index contributed by atoms with van der Waals surface area (Å²) in [4.78, 5) is 11.1. The van der Waals surface area contributed by atoms with Crippen LogP contribution in [0.15, 0.2) is 0 Å². The van der Waals surface area contributed by atoms with Gasteiger partial charge in [0.2, 0.25) is 0 Å². The summed E-state index contributed by atoms with van der Waals surface area (Å²) >= 11 is 0. The number of hydrogen-bond donors (Lipinski definition) is 3. The van der Waals surface area contributed by atoms with Gasteiger partial charge in [-0.1, -0.05) is 6.92 Å². The zero-order chi connectivity index (χ0) is 12.2. The van der Waals surface area contributed by atoms with Crippen molar-refractivity contribution in [1.29, 1.82) is 0 Å². The Kier molecular flexibility index (Phi) is 4.40. The van der Waals surface area contributed by atoms with E-state index in [0.717, 1.165) is 13.0 Å². The smallest absolute Gasteiger partial charge is 0.334 e. The number of alkyl halides is 3. The van der Waals surface area contributed by atoms with Gasteiger partial charge in [-0.25, -0.2) is 4.79 Å². The molecule has 1 rings (SSSR count). The lowest BCUT2D eigenvalue weighted by Crippen LogP contribution is -2.52. The molecular weight excluding hydrogens is 223 g/mol. The summed E-state index contributed by atoms with van der Waals surface area (Å²) in [5.41, 5.74) is 0. The number of piperidine rings is 1. The van der Waals surface area contributed by atoms with Gasteiger partial charge in [-0.05, 0) is 18.9 Å². The monoisotopic (exact) mass is 239 g/mol. The summed E-state index contributed by atoms with van der Waals surface area (Å²) in [7, 11) is 0. The maximum atomic E-state index is 11.8. The molecule has 0 aromatic rings. The molecule has 0 bridgehead atoms.